The Hall–Kier alpha value is -6.14. The van der Waals surface area contributed by atoms with E-state index >= 15 is 0 Å². The van der Waals surface area contributed by atoms with Crippen LogP contribution in [0.4, 0.5) is 0 Å². The molecule has 5 aromatic heterocycles. The van der Waals surface area contributed by atoms with Gasteiger partial charge in [-0.2, -0.15) is 0 Å². The minimum absolute atomic E-state index is 0.599. The van der Waals surface area contributed by atoms with Gasteiger partial charge in [-0.3, -0.25) is 19.9 Å². The largest absolute Gasteiger partial charge is 0.256 e. The normalized spacial score (nSPS) is 11.2. The maximum Gasteiger partial charge on any atom is 0.160 e. The van der Waals surface area contributed by atoms with Crippen LogP contribution in [0.15, 0.2) is 146 Å². The first kappa shape index (κ1) is 25.6. The Labute approximate surface area is 253 Å². The number of rotatable bonds is 5. The highest BCUT2D eigenvalue weighted by molar-refractivity contribution is 5.89. The average Bonchev–Trinajstić information content (AvgIpc) is 3.11. The van der Waals surface area contributed by atoms with E-state index in [1.807, 2.05) is 67.0 Å². The molecule has 0 fully saturated rings. The molecule has 0 atom stereocenters. The van der Waals surface area contributed by atoms with Crippen LogP contribution in [0.3, 0.4) is 0 Å². The van der Waals surface area contributed by atoms with Gasteiger partial charge >= 0.3 is 0 Å². The summed E-state index contributed by atoms with van der Waals surface area (Å²) in [6, 6.07) is 41.0. The van der Waals surface area contributed by atoms with Gasteiger partial charge in [0.05, 0.1) is 33.8 Å². The molecule has 6 nitrogen and oxygen atoms in total. The highest BCUT2D eigenvalue weighted by atomic mass is 14.9. The molecule has 0 radical (unpaired) electrons. The molecule has 0 aliphatic heterocycles. The number of nitrogens with zero attached hydrogens (tertiary/aromatic N) is 6. The predicted octanol–water partition coefficient (Wildman–Crippen LogP) is 8.70. The quantitative estimate of drug-likeness (QED) is 0.208. The molecule has 0 saturated heterocycles. The highest BCUT2D eigenvalue weighted by Gasteiger charge is 2.15. The van der Waals surface area contributed by atoms with E-state index in [-0.39, 0.29) is 0 Å². The molecule has 8 rings (SSSR count). The molecule has 8 aromatic rings. The third-order valence-electron chi connectivity index (χ3n) is 7.64. The van der Waals surface area contributed by atoms with Gasteiger partial charge in [0.1, 0.15) is 0 Å². The number of hydrogen-bond acceptors (Lipinski definition) is 6. The fraction of sp³-hybridized carbons (Fsp3) is 0. The van der Waals surface area contributed by atoms with Gasteiger partial charge in [-0.15, -0.1) is 0 Å². The van der Waals surface area contributed by atoms with E-state index in [2.05, 4.69) is 86.7 Å². The Balaban J connectivity index is 1.36. The summed E-state index contributed by atoms with van der Waals surface area (Å²) < 4.78 is 0. The third kappa shape index (κ3) is 4.95. The van der Waals surface area contributed by atoms with Crippen LogP contribution in [0.2, 0.25) is 0 Å². The standard InChI is InChI=1S/C38H24N6/c1-3-15-41-34(9-1)36-24-37(35-10-2-4-16-42-35)44-38(43-36)31-22-29(25-11-13-32-27(19-25)7-5-17-39-32)21-30(23-31)26-12-14-33-28(20-26)8-6-18-40-33/h1-24H. The van der Waals surface area contributed by atoms with E-state index in [9.17, 15) is 0 Å². The van der Waals surface area contributed by atoms with E-state index < -0.39 is 0 Å². The summed E-state index contributed by atoms with van der Waals surface area (Å²) >= 11 is 0. The lowest BCUT2D eigenvalue weighted by molar-refractivity contribution is 1.15. The van der Waals surface area contributed by atoms with Crippen molar-refractivity contribution >= 4 is 21.8 Å². The van der Waals surface area contributed by atoms with E-state index in [1.54, 1.807) is 12.4 Å². The summed E-state index contributed by atoms with van der Waals surface area (Å²) in [4.78, 5) is 28.3. The fourth-order valence-corrected chi connectivity index (χ4v) is 5.47. The molecule has 0 aliphatic rings. The molecule has 206 valence electrons. The topological polar surface area (TPSA) is 77.3 Å². The summed E-state index contributed by atoms with van der Waals surface area (Å²) in [7, 11) is 0. The molecule has 0 N–H and O–H groups in total. The number of benzene rings is 3. The van der Waals surface area contributed by atoms with Gasteiger partial charge in [0.25, 0.3) is 0 Å². The Morgan fingerprint density at radius 3 is 1.32 bits per heavy atom. The maximum absolute atomic E-state index is 5.05. The molecule has 5 heterocycles. The number of pyridine rings is 4. The van der Waals surface area contributed by atoms with Crippen molar-refractivity contribution in [3.05, 3.63) is 146 Å². The zero-order valence-electron chi connectivity index (χ0n) is 23.5. The molecule has 0 aliphatic carbocycles. The second-order valence-corrected chi connectivity index (χ2v) is 10.5. The van der Waals surface area contributed by atoms with Crippen molar-refractivity contribution in [1.82, 2.24) is 29.9 Å². The molecule has 3 aromatic carbocycles. The zero-order valence-corrected chi connectivity index (χ0v) is 23.5. The lowest BCUT2D eigenvalue weighted by Gasteiger charge is -2.13. The van der Waals surface area contributed by atoms with Crippen LogP contribution in [0.5, 0.6) is 0 Å². The lowest BCUT2D eigenvalue weighted by Crippen LogP contribution is -1.98. The van der Waals surface area contributed by atoms with Crippen LogP contribution in [0.1, 0.15) is 0 Å². The Morgan fingerprint density at radius 2 is 0.818 bits per heavy atom. The molecule has 0 saturated carbocycles. The van der Waals surface area contributed by atoms with Crippen molar-refractivity contribution < 1.29 is 0 Å². The van der Waals surface area contributed by atoms with Crippen LogP contribution in [-0.2, 0) is 0 Å². The number of aromatic nitrogens is 6. The minimum Gasteiger partial charge on any atom is -0.256 e. The zero-order chi connectivity index (χ0) is 29.3. The van der Waals surface area contributed by atoms with Crippen LogP contribution in [0, 0.1) is 0 Å². The average molecular weight is 565 g/mol. The molecule has 0 amide bonds. The Kier molecular flexibility index (Phi) is 6.35. The summed E-state index contributed by atoms with van der Waals surface area (Å²) in [5, 5.41) is 2.17. The Morgan fingerprint density at radius 1 is 0.318 bits per heavy atom. The molecular formula is C38H24N6. The second kappa shape index (κ2) is 10.9. The second-order valence-electron chi connectivity index (χ2n) is 10.5. The van der Waals surface area contributed by atoms with E-state index in [0.717, 1.165) is 72.4 Å². The molecule has 0 bridgehead atoms. The summed E-state index contributed by atoms with van der Waals surface area (Å²) in [5.74, 6) is 0.599. The summed E-state index contributed by atoms with van der Waals surface area (Å²) in [6.07, 6.45) is 7.19. The minimum atomic E-state index is 0.599. The molecular weight excluding hydrogens is 540 g/mol. The van der Waals surface area contributed by atoms with Gasteiger partial charge in [-0.05, 0) is 107 Å². The van der Waals surface area contributed by atoms with Crippen molar-refractivity contribution in [2.24, 2.45) is 0 Å². The van der Waals surface area contributed by atoms with E-state index in [4.69, 9.17) is 9.97 Å². The van der Waals surface area contributed by atoms with Crippen LogP contribution in [-0.4, -0.2) is 29.9 Å². The van der Waals surface area contributed by atoms with Gasteiger partial charge in [-0.1, -0.05) is 36.4 Å². The van der Waals surface area contributed by atoms with E-state index in [1.165, 1.54) is 0 Å². The monoisotopic (exact) mass is 564 g/mol. The van der Waals surface area contributed by atoms with Crippen molar-refractivity contribution in [2.75, 3.05) is 0 Å². The number of hydrogen-bond donors (Lipinski definition) is 0. The molecule has 44 heavy (non-hydrogen) atoms. The molecule has 0 unspecified atom stereocenters. The van der Waals surface area contributed by atoms with Crippen LogP contribution in [0.25, 0.3) is 78.2 Å². The summed E-state index contributed by atoms with van der Waals surface area (Å²) in [5.41, 5.74) is 10.1. The van der Waals surface area contributed by atoms with Gasteiger partial charge in [-0.25, -0.2) is 9.97 Å². The number of fused-ring (bicyclic) bond motifs is 2. The first-order valence-electron chi connectivity index (χ1n) is 14.3. The van der Waals surface area contributed by atoms with Crippen molar-refractivity contribution in [1.29, 1.82) is 0 Å². The van der Waals surface area contributed by atoms with Gasteiger partial charge in [0, 0.05) is 41.1 Å². The van der Waals surface area contributed by atoms with Crippen molar-refractivity contribution in [3.63, 3.8) is 0 Å². The summed E-state index contributed by atoms with van der Waals surface area (Å²) in [6.45, 7) is 0. The first-order chi connectivity index (χ1) is 21.8. The van der Waals surface area contributed by atoms with Crippen LogP contribution < -0.4 is 0 Å². The van der Waals surface area contributed by atoms with Crippen LogP contribution >= 0.6 is 0 Å². The molecule has 0 spiro atoms. The first-order valence-corrected chi connectivity index (χ1v) is 14.3. The SMILES string of the molecule is c1ccc(-c2cc(-c3ccccn3)nc(-c3cc(-c4ccc5ncccc5c4)cc(-c4ccc5ncccc5c4)c3)n2)nc1. The maximum atomic E-state index is 5.05. The van der Waals surface area contributed by atoms with Gasteiger partial charge in [0.2, 0.25) is 0 Å². The van der Waals surface area contributed by atoms with Crippen molar-refractivity contribution in [3.8, 4) is 56.4 Å². The van der Waals surface area contributed by atoms with Crippen molar-refractivity contribution in [2.45, 2.75) is 0 Å². The fourth-order valence-electron chi connectivity index (χ4n) is 5.47. The third-order valence-corrected chi connectivity index (χ3v) is 7.64. The highest BCUT2D eigenvalue weighted by Crippen LogP contribution is 2.35. The molecule has 6 heteroatoms. The van der Waals surface area contributed by atoms with E-state index in [0.29, 0.717) is 5.82 Å². The Bertz CT molecular complexity index is 2130. The smallest absolute Gasteiger partial charge is 0.160 e. The van der Waals surface area contributed by atoms with Gasteiger partial charge in [0.15, 0.2) is 5.82 Å². The predicted molar refractivity (Wildman–Crippen MR) is 175 cm³/mol. The van der Waals surface area contributed by atoms with Gasteiger partial charge < -0.3 is 0 Å². The lowest BCUT2D eigenvalue weighted by atomic mass is 9.94.